The summed E-state index contributed by atoms with van der Waals surface area (Å²) in [5.74, 6) is -0.876. The van der Waals surface area contributed by atoms with Crippen molar-refractivity contribution in [3.63, 3.8) is 0 Å². The molecule has 1 aromatic rings. The van der Waals surface area contributed by atoms with Gasteiger partial charge in [0, 0.05) is 10.6 Å². The summed E-state index contributed by atoms with van der Waals surface area (Å²) in [5, 5.41) is 19.6. The fourth-order valence-corrected chi connectivity index (χ4v) is 2.65. The van der Waals surface area contributed by atoms with Crippen molar-refractivity contribution in [3.8, 4) is 5.75 Å². The van der Waals surface area contributed by atoms with Crippen molar-refractivity contribution < 1.29 is 15.0 Å². The van der Waals surface area contributed by atoms with Gasteiger partial charge in [0.1, 0.15) is 5.75 Å². The van der Waals surface area contributed by atoms with Crippen molar-refractivity contribution >= 4 is 17.6 Å². The molecular formula is C12H13ClO3. The molecule has 0 aromatic heterocycles. The predicted molar refractivity (Wildman–Crippen MR) is 60.9 cm³/mol. The molecule has 1 saturated carbocycles. The summed E-state index contributed by atoms with van der Waals surface area (Å²) in [7, 11) is 0. The number of carboxylic acids is 1. The average molecular weight is 241 g/mol. The minimum absolute atomic E-state index is 0.0169. The van der Waals surface area contributed by atoms with Gasteiger partial charge in [-0.2, -0.15) is 0 Å². The topological polar surface area (TPSA) is 57.5 Å². The first kappa shape index (κ1) is 11.3. The SMILES string of the molecule is O=C(O)C1(c2ccc(Cl)cc2O)CCCC1. The molecule has 16 heavy (non-hydrogen) atoms. The van der Waals surface area contributed by atoms with Crippen molar-refractivity contribution in [2.45, 2.75) is 31.1 Å². The van der Waals surface area contributed by atoms with Crippen LogP contribution in [0.5, 0.6) is 5.75 Å². The lowest BCUT2D eigenvalue weighted by molar-refractivity contribution is -0.143. The number of phenols is 1. The molecule has 2 rings (SSSR count). The Morgan fingerprint density at radius 1 is 1.31 bits per heavy atom. The van der Waals surface area contributed by atoms with Gasteiger partial charge in [0.05, 0.1) is 5.41 Å². The zero-order chi connectivity index (χ0) is 11.8. The van der Waals surface area contributed by atoms with Crippen molar-refractivity contribution in [1.82, 2.24) is 0 Å². The first-order chi connectivity index (χ1) is 7.56. The molecule has 0 spiro atoms. The smallest absolute Gasteiger partial charge is 0.314 e. The lowest BCUT2D eigenvalue weighted by Crippen LogP contribution is -2.32. The van der Waals surface area contributed by atoms with Crippen molar-refractivity contribution in [1.29, 1.82) is 0 Å². The lowest BCUT2D eigenvalue weighted by Gasteiger charge is -2.25. The second-order valence-electron chi connectivity index (χ2n) is 4.26. The fraction of sp³-hybridized carbons (Fsp3) is 0.417. The van der Waals surface area contributed by atoms with E-state index in [1.807, 2.05) is 0 Å². The minimum atomic E-state index is -0.922. The molecule has 0 amide bonds. The molecule has 0 bridgehead atoms. The van der Waals surface area contributed by atoms with E-state index in [0.717, 1.165) is 12.8 Å². The number of benzene rings is 1. The summed E-state index contributed by atoms with van der Waals surface area (Å²) < 4.78 is 0. The maximum atomic E-state index is 11.4. The van der Waals surface area contributed by atoms with E-state index in [1.54, 1.807) is 12.1 Å². The number of aromatic hydroxyl groups is 1. The van der Waals surface area contributed by atoms with E-state index >= 15 is 0 Å². The quantitative estimate of drug-likeness (QED) is 0.836. The second-order valence-corrected chi connectivity index (χ2v) is 4.69. The Morgan fingerprint density at radius 3 is 2.44 bits per heavy atom. The summed E-state index contributed by atoms with van der Waals surface area (Å²) in [5.41, 5.74) is -0.434. The van der Waals surface area contributed by atoms with Gasteiger partial charge in [-0.15, -0.1) is 0 Å². The monoisotopic (exact) mass is 240 g/mol. The number of carboxylic acid groups (broad SMARTS) is 1. The number of rotatable bonds is 2. The molecule has 0 atom stereocenters. The van der Waals surface area contributed by atoms with Crippen LogP contribution in [0.2, 0.25) is 5.02 Å². The third-order valence-electron chi connectivity index (χ3n) is 3.34. The third kappa shape index (κ3) is 1.65. The van der Waals surface area contributed by atoms with Crippen molar-refractivity contribution in [3.05, 3.63) is 28.8 Å². The van der Waals surface area contributed by atoms with E-state index in [-0.39, 0.29) is 5.75 Å². The standard InChI is InChI=1S/C12H13ClO3/c13-8-3-4-9(10(14)7-8)12(11(15)16)5-1-2-6-12/h3-4,7,14H,1-2,5-6H2,(H,15,16). The number of hydrogen-bond donors (Lipinski definition) is 2. The van der Waals surface area contributed by atoms with Crippen molar-refractivity contribution in [2.75, 3.05) is 0 Å². The van der Waals surface area contributed by atoms with E-state index in [1.165, 1.54) is 6.07 Å². The van der Waals surface area contributed by atoms with Crippen molar-refractivity contribution in [2.24, 2.45) is 0 Å². The van der Waals surface area contributed by atoms with Crippen LogP contribution in [-0.4, -0.2) is 16.2 Å². The third-order valence-corrected chi connectivity index (χ3v) is 3.58. The summed E-state index contributed by atoms with van der Waals surface area (Å²) in [6.07, 6.45) is 2.93. The second kappa shape index (κ2) is 3.98. The average Bonchev–Trinajstić information content (AvgIpc) is 2.67. The van der Waals surface area contributed by atoms with Crippen LogP contribution in [-0.2, 0) is 10.2 Å². The van der Waals surface area contributed by atoms with E-state index in [0.29, 0.717) is 23.4 Å². The first-order valence-corrected chi connectivity index (χ1v) is 5.66. The Morgan fingerprint density at radius 2 is 1.94 bits per heavy atom. The zero-order valence-corrected chi connectivity index (χ0v) is 9.50. The molecule has 0 heterocycles. The zero-order valence-electron chi connectivity index (χ0n) is 8.74. The van der Waals surface area contributed by atoms with Gasteiger partial charge in [-0.3, -0.25) is 4.79 Å². The van der Waals surface area contributed by atoms with Gasteiger partial charge in [-0.05, 0) is 25.0 Å². The van der Waals surface area contributed by atoms with E-state index < -0.39 is 11.4 Å². The number of halogens is 1. The number of carbonyl (C=O) groups is 1. The number of phenolic OH excluding ortho intramolecular Hbond substituents is 1. The fourth-order valence-electron chi connectivity index (χ4n) is 2.49. The van der Waals surface area contributed by atoms with Gasteiger partial charge in [0.25, 0.3) is 0 Å². The summed E-state index contributed by atoms with van der Waals surface area (Å²) in [6, 6.07) is 4.65. The maximum Gasteiger partial charge on any atom is 0.314 e. The summed E-state index contributed by atoms with van der Waals surface area (Å²) in [6.45, 7) is 0. The van der Waals surface area contributed by atoms with Crippen LogP contribution in [0.3, 0.4) is 0 Å². The van der Waals surface area contributed by atoms with E-state index in [4.69, 9.17) is 11.6 Å². The molecule has 4 heteroatoms. The summed E-state index contributed by atoms with van der Waals surface area (Å²) in [4.78, 5) is 11.4. The minimum Gasteiger partial charge on any atom is -0.508 e. The molecule has 0 unspecified atom stereocenters. The molecule has 86 valence electrons. The molecular weight excluding hydrogens is 228 g/mol. The van der Waals surface area contributed by atoms with Crippen LogP contribution in [0.15, 0.2) is 18.2 Å². The maximum absolute atomic E-state index is 11.4. The van der Waals surface area contributed by atoms with Crippen LogP contribution < -0.4 is 0 Å². The van der Waals surface area contributed by atoms with Gasteiger partial charge >= 0.3 is 5.97 Å². The van der Waals surface area contributed by atoms with Crippen LogP contribution in [0.4, 0.5) is 0 Å². The predicted octanol–water partition coefficient (Wildman–Crippen LogP) is 2.94. The van der Waals surface area contributed by atoms with Gasteiger partial charge in [-0.1, -0.05) is 30.5 Å². The molecule has 1 fully saturated rings. The molecule has 1 aromatic carbocycles. The van der Waals surface area contributed by atoms with Gasteiger partial charge < -0.3 is 10.2 Å². The van der Waals surface area contributed by atoms with Gasteiger partial charge in [-0.25, -0.2) is 0 Å². The highest BCUT2D eigenvalue weighted by Crippen LogP contribution is 2.45. The highest BCUT2D eigenvalue weighted by molar-refractivity contribution is 6.30. The van der Waals surface area contributed by atoms with Crippen LogP contribution >= 0.6 is 11.6 Å². The molecule has 0 aliphatic heterocycles. The van der Waals surface area contributed by atoms with Crippen LogP contribution in [0.1, 0.15) is 31.2 Å². The Balaban J connectivity index is 2.51. The normalized spacial score (nSPS) is 18.6. The van der Waals surface area contributed by atoms with Crippen LogP contribution in [0, 0.1) is 0 Å². The lowest BCUT2D eigenvalue weighted by atomic mass is 9.78. The Labute approximate surface area is 98.7 Å². The van der Waals surface area contributed by atoms with Gasteiger partial charge in [0.2, 0.25) is 0 Å². The van der Waals surface area contributed by atoms with Crippen LogP contribution in [0.25, 0.3) is 0 Å². The number of hydrogen-bond acceptors (Lipinski definition) is 2. The van der Waals surface area contributed by atoms with E-state index in [9.17, 15) is 15.0 Å². The number of aliphatic carboxylic acids is 1. The largest absolute Gasteiger partial charge is 0.508 e. The molecule has 0 saturated heterocycles. The summed E-state index contributed by atoms with van der Waals surface area (Å²) >= 11 is 5.74. The highest BCUT2D eigenvalue weighted by atomic mass is 35.5. The Hall–Kier alpha value is -1.22. The Bertz CT molecular complexity index is 422. The molecule has 2 N–H and O–H groups in total. The van der Waals surface area contributed by atoms with E-state index in [2.05, 4.69) is 0 Å². The highest BCUT2D eigenvalue weighted by Gasteiger charge is 2.44. The molecule has 3 nitrogen and oxygen atoms in total. The molecule has 1 aliphatic carbocycles. The molecule has 1 aliphatic rings. The molecule has 0 radical (unpaired) electrons. The first-order valence-electron chi connectivity index (χ1n) is 5.29. The Kier molecular flexibility index (Phi) is 2.80. The van der Waals surface area contributed by atoms with Gasteiger partial charge in [0.15, 0.2) is 0 Å².